The molecule has 1 saturated heterocycles. The summed E-state index contributed by atoms with van der Waals surface area (Å²) in [6.45, 7) is 6.04. The van der Waals surface area contributed by atoms with Crippen LogP contribution in [0.2, 0.25) is 0 Å². The van der Waals surface area contributed by atoms with Crippen LogP contribution in [0, 0.1) is 11.6 Å². The van der Waals surface area contributed by atoms with E-state index in [0.29, 0.717) is 16.2 Å². The van der Waals surface area contributed by atoms with Crippen LogP contribution in [0.5, 0.6) is 0 Å². The molecule has 1 aliphatic heterocycles. The van der Waals surface area contributed by atoms with E-state index >= 15 is 0 Å². The molecule has 20 heavy (non-hydrogen) atoms. The van der Waals surface area contributed by atoms with Crippen LogP contribution in [0.4, 0.5) is 14.5 Å². The zero-order chi connectivity index (χ0) is 14.7. The molecule has 2 atom stereocenters. The molecule has 2 nitrogen and oxygen atoms in total. The van der Waals surface area contributed by atoms with Crippen molar-refractivity contribution in [2.45, 2.75) is 45.2 Å². The highest BCUT2D eigenvalue weighted by atomic mass is 79.9. The number of nitrogens with one attached hydrogen (secondary N) is 1. The fourth-order valence-corrected chi connectivity index (χ4v) is 3.48. The first-order valence-electron chi connectivity index (χ1n) is 7.17. The lowest BCUT2D eigenvalue weighted by Crippen LogP contribution is -2.48. The van der Waals surface area contributed by atoms with Gasteiger partial charge in [-0.25, -0.2) is 8.78 Å². The molecule has 112 valence electrons. The monoisotopic (exact) mass is 346 g/mol. The van der Waals surface area contributed by atoms with Gasteiger partial charge in [0.15, 0.2) is 5.82 Å². The van der Waals surface area contributed by atoms with Crippen LogP contribution in [0.25, 0.3) is 0 Å². The third-order valence-electron chi connectivity index (χ3n) is 3.83. The summed E-state index contributed by atoms with van der Waals surface area (Å²) in [7, 11) is 0. The molecule has 1 heterocycles. The van der Waals surface area contributed by atoms with Crippen molar-refractivity contribution in [2.75, 3.05) is 18.0 Å². The summed E-state index contributed by atoms with van der Waals surface area (Å²) in [5, 5.41) is 3.52. The van der Waals surface area contributed by atoms with Crippen LogP contribution < -0.4 is 10.2 Å². The van der Waals surface area contributed by atoms with Gasteiger partial charge in [0, 0.05) is 29.2 Å². The van der Waals surface area contributed by atoms with Gasteiger partial charge in [-0.05, 0) is 54.7 Å². The third kappa shape index (κ3) is 3.50. The molecule has 0 aliphatic carbocycles. The van der Waals surface area contributed by atoms with Crippen molar-refractivity contribution in [1.82, 2.24) is 5.32 Å². The van der Waals surface area contributed by atoms with Gasteiger partial charge < -0.3 is 10.2 Å². The zero-order valence-corrected chi connectivity index (χ0v) is 13.5. The summed E-state index contributed by atoms with van der Waals surface area (Å²) in [6.07, 6.45) is 3.07. The van der Waals surface area contributed by atoms with Crippen molar-refractivity contribution in [2.24, 2.45) is 0 Å². The Labute approximate surface area is 127 Å². The fraction of sp³-hybridized carbons (Fsp3) is 0.600. The molecule has 2 rings (SSSR count). The van der Waals surface area contributed by atoms with Crippen molar-refractivity contribution in [3.63, 3.8) is 0 Å². The van der Waals surface area contributed by atoms with Crippen molar-refractivity contribution in [3.8, 4) is 0 Å². The standard InChI is InChI=1S/C15H21BrF2N2/c1-3-5-19-12-4-6-20(10(2)7-12)15-13(16)8-11(17)9-14(15)18/h8-10,12,19H,3-7H2,1-2H3. The Hall–Kier alpha value is -0.680. The summed E-state index contributed by atoms with van der Waals surface area (Å²) >= 11 is 3.28. The normalized spacial score (nSPS) is 23.1. The summed E-state index contributed by atoms with van der Waals surface area (Å²) in [6, 6.07) is 3.00. The number of piperidine rings is 1. The van der Waals surface area contributed by atoms with Crippen LogP contribution in [0.1, 0.15) is 33.1 Å². The molecule has 1 aromatic carbocycles. The second-order valence-electron chi connectivity index (χ2n) is 5.44. The smallest absolute Gasteiger partial charge is 0.150 e. The first-order chi connectivity index (χ1) is 9.52. The lowest BCUT2D eigenvalue weighted by Gasteiger charge is -2.40. The van der Waals surface area contributed by atoms with Gasteiger partial charge in [-0.2, -0.15) is 0 Å². The largest absolute Gasteiger partial charge is 0.365 e. The summed E-state index contributed by atoms with van der Waals surface area (Å²) < 4.78 is 27.7. The van der Waals surface area contributed by atoms with E-state index in [9.17, 15) is 8.78 Å². The highest BCUT2D eigenvalue weighted by molar-refractivity contribution is 9.10. The van der Waals surface area contributed by atoms with Crippen molar-refractivity contribution < 1.29 is 8.78 Å². The van der Waals surface area contributed by atoms with E-state index < -0.39 is 11.6 Å². The van der Waals surface area contributed by atoms with Crippen LogP contribution in [0.3, 0.4) is 0 Å². The van der Waals surface area contributed by atoms with Gasteiger partial charge in [-0.1, -0.05) is 6.92 Å². The van der Waals surface area contributed by atoms with Gasteiger partial charge in [0.2, 0.25) is 0 Å². The van der Waals surface area contributed by atoms with Gasteiger partial charge >= 0.3 is 0 Å². The molecule has 0 aromatic heterocycles. The summed E-state index contributed by atoms with van der Waals surface area (Å²) in [5.74, 6) is -1.05. The lowest BCUT2D eigenvalue weighted by molar-refractivity contribution is 0.366. The maximum Gasteiger partial charge on any atom is 0.150 e. The summed E-state index contributed by atoms with van der Waals surface area (Å²) in [4.78, 5) is 2.03. The number of benzene rings is 1. The number of nitrogens with zero attached hydrogens (tertiary/aromatic N) is 1. The molecule has 0 amide bonds. The first kappa shape index (κ1) is 15.7. The van der Waals surface area contributed by atoms with Gasteiger partial charge in [-0.3, -0.25) is 0 Å². The van der Waals surface area contributed by atoms with E-state index in [1.165, 1.54) is 6.07 Å². The molecule has 0 saturated carbocycles. The minimum Gasteiger partial charge on any atom is -0.365 e. The second-order valence-corrected chi connectivity index (χ2v) is 6.29. The van der Waals surface area contributed by atoms with E-state index in [1.54, 1.807) is 0 Å². The van der Waals surface area contributed by atoms with Gasteiger partial charge in [0.1, 0.15) is 5.82 Å². The number of rotatable bonds is 4. The Kier molecular flexibility index (Phi) is 5.38. The molecule has 5 heteroatoms. The molecule has 1 N–H and O–H groups in total. The summed E-state index contributed by atoms with van der Waals surface area (Å²) in [5.41, 5.74) is 0.479. The average Bonchev–Trinajstić information content (AvgIpc) is 2.37. The van der Waals surface area contributed by atoms with Gasteiger partial charge in [0.05, 0.1) is 5.69 Å². The SMILES string of the molecule is CCCNC1CCN(c2c(F)cc(F)cc2Br)C(C)C1. The molecule has 1 aliphatic rings. The maximum absolute atomic E-state index is 14.0. The highest BCUT2D eigenvalue weighted by Gasteiger charge is 2.28. The topological polar surface area (TPSA) is 15.3 Å². The quantitative estimate of drug-likeness (QED) is 0.883. The number of hydrogen-bond donors (Lipinski definition) is 1. The average molecular weight is 347 g/mol. The molecular weight excluding hydrogens is 326 g/mol. The predicted octanol–water partition coefficient (Wildman–Crippen LogP) is 4.08. The third-order valence-corrected chi connectivity index (χ3v) is 4.43. The zero-order valence-electron chi connectivity index (χ0n) is 11.9. The van der Waals surface area contributed by atoms with E-state index in [0.717, 1.165) is 38.4 Å². The van der Waals surface area contributed by atoms with Crippen molar-refractivity contribution in [1.29, 1.82) is 0 Å². The Morgan fingerprint density at radius 2 is 2.15 bits per heavy atom. The lowest BCUT2D eigenvalue weighted by atomic mass is 9.97. The van der Waals surface area contributed by atoms with Crippen LogP contribution in [-0.2, 0) is 0 Å². The number of anilines is 1. The Bertz CT molecular complexity index is 444. The Balaban J connectivity index is 2.12. The van der Waals surface area contributed by atoms with E-state index in [4.69, 9.17) is 0 Å². The molecule has 0 bridgehead atoms. The van der Waals surface area contributed by atoms with Gasteiger partial charge in [0.25, 0.3) is 0 Å². The molecule has 1 fully saturated rings. The van der Waals surface area contributed by atoms with Gasteiger partial charge in [-0.15, -0.1) is 0 Å². The maximum atomic E-state index is 14.0. The number of hydrogen-bond acceptors (Lipinski definition) is 2. The molecule has 1 aromatic rings. The van der Waals surface area contributed by atoms with Crippen molar-refractivity contribution in [3.05, 3.63) is 28.2 Å². The van der Waals surface area contributed by atoms with Crippen molar-refractivity contribution >= 4 is 21.6 Å². The fourth-order valence-electron chi connectivity index (χ4n) is 2.85. The Morgan fingerprint density at radius 3 is 2.75 bits per heavy atom. The van der Waals surface area contributed by atoms with E-state index in [-0.39, 0.29) is 6.04 Å². The Morgan fingerprint density at radius 1 is 1.40 bits per heavy atom. The predicted molar refractivity (Wildman–Crippen MR) is 82.2 cm³/mol. The minimum atomic E-state index is -0.551. The van der Waals surface area contributed by atoms with Crippen LogP contribution in [-0.4, -0.2) is 25.2 Å². The first-order valence-corrected chi connectivity index (χ1v) is 7.96. The molecule has 0 radical (unpaired) electrons. The second kappa shape index (κ2) is 6.85. The van der Waals surface area contributed by atoms with E-state index in [2.05, 4.69) is 35.1 Å². The van der Waals surface area contributed by atoms with E-state index in [1.807, 2.05) is 4.90 Å². The molecular formula is C15H21BrF2N2. The van der Waals surface area contributed by atoms with Crippen LogP contribution in [0.15, 0.2) is 16.6 Å². The van der Waals surface area contributed by atoms with Crippen LogP contribution >= 0.6 is 15.9 Å². The number of halogens is 3. The minimum absolute atomic E-state index is 0.231. The highest BCUT2D eigenvalue weighted by Crippen LogP contribution is 2.34. The molecule has 2 unspecified atom stereocenters. The molecule has 0 spiro atoms.